The number of hydrogen-bond donors (Lipinski definition) is 3. The lowest BCUT2D eigenvalue weighted by Crippen LogP contribution is -2.47. The van der Waals surface area contributed by atoms with E-state index in [1.165, 1.54) is 0 Å². The number of nitrogens with one attached hydrogen (secondary N) is 2. The molecule has 26 heavy (non-hydrogen) atoms. The Balaban J connectivity index is 1.75. The molecule has 2 atom stereocenters. The van der Waals surface area contributed by atoms with Crippen molar-refractivity contribution in [3.63, 3.8) is 0 Å². The van der Waals surface area contributed by atoms with Crippen molar-refractivity contribution >= 4 is 11.8 Å². The quantitative estimate of drug-likeness (QED) is 0.588. The summed E-state index contributed by atoms with van der Waals surface area (Å²) < 4.78 is 5.57. The first kappa shape index (κ1) is 20.2. The van der Waals surface area contributed by atoms with E-state index < -0.39 is 0 Å². The van der Waals surface area contributed by atoms with Crippen LogP contribution in [0.1, 0.15) is 55.8 Å². The van der Waals surface area contributed by atoms with E-state index in [1.54, 1.807) is 24.3 Å². The van der Waals surface area contributed by atoms with Gasteiger partial charge in [0.05, 0.1) is 13.2 Å². The predicted molar refractivity (Wildman–Crippen MR) is 100 cm³/mol. The summed E-state index contributed by atoms with van der Waals surface area (Å²) in [5.41, 5.74) is 0.492. The molecule has 1 aliphatic carbocycles. The smallest absolute Gasteiger partial charge is 0.251 e. The maximum absolute atomic E-state index is 12.2. The van der Waals surface area contributed by atoms with Gasteiger partial charge in [0.25, 0.3) is 5.91 Å². The third-order valence-electron chi connectivity index (χ3n) is 4.78. The SMILES string of the molecule is CCCCOc1ccc(C(=O)NCC(=O)N[C@H]2CCCC[C@@H]2CO)cc1. The molecular weight excluding hydrogens is 332 g/mol. The molecule has 0 radical (unpaired) electrons. The molecule has 1 aliphatic rings. The van der Waals surface area contributed by atoms with E-state index in [1.807, 2.05) is 0 Å². The van der Waals surface area contributed by atoms with Crippen LogP contribution >= 0.6 is 0 Å². The summed E-state index contributed by atoms with van der Waals surface area (Å²) in [6, 6.07) is 6.91. The summed E-state index contributed by atoms with van der Waals surface area (Å²) in [6.07, 6.45) is 6.02. The van der Waals surface area contributed by atoms with Gasteiger partial charge in [-0.05, 0) is 43.5 Å². The zero-order valence-electron chi connectivity index (χ0n) is 15.5. The van der Waals surface area contributed by atoms with Crippen LogP contribution in [0.5, 0.6) is 5.75 Å². The van der Waals surface area contributed by atoms with E-state index in [0.717, 1.165) is 44.3 Å². The summed E-state index contributed by atoms with van der Waals surface area (Å²) in [7, 11) is 0. The minimum Gasteiger partial charge on any atom is -0.494 e. The molecule has 0 bridgehead atoms. The molecule has 1 aromatic rings. The van der Waals surface area contributed by atoms with Crippen molar-refractivity contribution in [3.8, 4) is 5.75 Å². The van der Waals surface area contributed by atoms with Gasteiger partial charge in [-0.2, -0.15) is 0 Å². The van der Waals surface area contributed by atoms with Gasteiger partial charge >= 0.3 is 0 Å². The van der Waals surface area contributed by atoms with Gasteiger partial charge in [-0.25, -0.2) is 0 Å². The van der Waals surface area contributed by atoms with Gasteiger partial charge in [0, 0.05) is 24.1 Å². The molecule has 2 amide bonds. The second-order valence-electron chi connectivity index (χ2n) is 6.81. The van der Waals surface area contributed by atoms with Gasteiger partial charge in [-0.1, -0.05) is 26.2 Å². The lowest BCUT2D eigenvalue weighted by Gasteiger charge is -2.30. The van der Waals surface area contributed by atoms with Crippen molar-refractivity contribution in [1.82, 2.24) is 10.6 Å². The molecule has 0 aliphatic heterocycles. The van der Waals surface area contributed by atoms with Crippen LogP contribution in [-0.2, 0) is 4.79 Å². The number of hydrogen-bond acceptors (Lipinski definition) is 4. The van der Waals surface area contributed by atoms with Crippen LogP contribution in [0.15, 0.2) is 24.3 Å². The highest BCUT2D eigenvalue weighted by molar-refractivity contribution is 5.96. The third-order valence-corrected chi connectivity index (χ3v) is 4.78. The van der Waals surface area contributed by atoms with Crippen molar-refractivity contribution in [2.45, 2.75) is 51.5 Å². The maximum Gasteiger partial charge on any atom is 0.251 e. The Labute approximate surface area is 155 Å². The fraction of sp³-hybridized carbons (Fsp3) is 0.600. The Kier molecular flexibility index (Phi) is 8.41. The summed E-state index contributed by atoms with van der Waals surface area (Å²) in [6.45, 7) is 2.79. The van der Waals surface area contributed by atoms with Gasteiger partial charge in [-0.15, -0.1) is 0 Å². The maximum atomic E-state index is 12.2. The highest BCUT2D eigenvalue weighted by Crippen LogP contribution is 2.23. The minimum absolute atomic E-state index is 0.00212. The molecule has 144 valence electrons. The molecule has 1 fully saturated rings. The molecule has 0 aromatic heterocycles. The highest BCUT2D eigenvalue weighted by atomic mass is 16.5. The van der Waals surface area contributed by atoms with Crippen molar-refractivity contribution in [3.05, 3.63) is 29.8 Å². The Hall–Kier alpha value is -2.08. The van der Waals surface area contributed by atoms with Crippen molar-refractivity contribution < 1.29 is 19.4 Å². The van der Waals surface area contributed by atoms with Gasteiger partial charge in [-0.3, -0.25) is 9.59 Å². The number of rotatable bonds is 9. The Morgan fingerprint density at radius 2 is 1.92 bits per heavy atom. The zero-order valence-corrected chi connectivity index (χ0v) is 15.5. The average Bonchev–Trinajstić information content (AvgIpc) is 2.67. The second-order valence-corrected chi connectivity index (χ2v) is 6.81. The second kappa shape index (κ2) is 10.8. The summed E-state index contributed by atoms with van der Waals surface area (Å²) >= 11 is 0. The Morgan fingerprint density at radius 1 is 1.19 bits per heavy atom. The molecule has 0 heterocycles. The molecule has 1 saturated carbocycles. The monoisotopic (exact) mass is 362 g/mol. The van der Waals surface area contributed by atoms with Crippen LogP contribution in [0, 0.1) is 5.92 Å². The van der Waals surface area contributed by atoms with Crippen molar-refractivity contribution in [1.29, 1.82) is 0 Å². The molecular formula is C20H30N2O4. The minimum atomic E-state index is -0.289. The molecule has 0 unspecified atom stereocenters. The number of carbonyl (C=O) groups excluding carboxylic acids is 2. The number of benzene rings is 1. The van der Waals surface area contributed by atoms with Crippen molar-refractivity contribution in [2.24, 2.45) is 5.92 Å². The van der Waals surface area contributed by atoms with Crippen LogP contribution in [0.2, 0.25) is 0 Å². The molecule has 1 aromatic carbocycles. The summed E-state index contributed by atoms with van der Waals surface area (Å²) in [5.74, 6) is 0.342. The number of amides is 2. The molecule has 0 saturated heterocycles. The molecule has 6 nitrogen and oxygen atoms in total. The van der Waals surface area contributed by atoms with Gasteiger partial charge in [0.15, 0.2) is 0 Å². The van der Waals surface area contributed by atoms with Crippen LogP contribution in [-0.4, -0.2) is 42.7 Å². The van der Waals surface area contributed by atoms with Gasteiger partial charge in [0.1, 0.15) is 5.75 Å². The first-order valence-corrected chi connectivity index (χ1v) is 9.55. The highest BCUT2D eigenvalue weighted by Gasteiger charge is 2.25. The third kappa shape index (κ3) is 6.33. The lowest BCUT2D eigenvalue weighted by atomic mass is 9.85. The fourth-order valence-electron chi connectivity index (χ4n) is 3.17. The Morgan fingerprint density at radius 3 is 2.62 bits per heavy atom. The Bertz CT molecular complexity index is 574. The van der Waals surface area contributed by atoms with Gasteiger partial charge in [0.2, 0.25) is 5.91 Å². The van der Waals surface area contributed by atoms with E-state index in [9.17, 15) is 14.7 Å². The van der Waals surface area contributed by atoms with E-state index in [2.05, 4.69) is 17.6 Å². The predicted octanol–water partition coefficient (Wildman–Crippen LogP) is 2.26. The van der Waals surface area contributed by atoms with Crippen LogP contribution in [0.4, 0.5) is 0 Å². The van der Waals surface area contributed by atoms with Crippen molar-refractivity contribution in [2.75, 3.05) is 19.8 Å². The van der Waals surface area contributed by atoms with Crippen LogP contribution < -0.4 is 15.4 Å². The lowest BCUT2D eigenvalue weighted by molar-refractivity contribution is -0.121. The number of aliphatic hydroxyl groups excluding tert-OH is 1. The number of carbonyl (C=O) groups is 2. The number of aliphatic hydroxyl groups is 1. The standard InChI is InChI=1S/C20H30N2O4/c1-2-3-12-26-17-10-8-15(9-11-17)20(25)21-13-19(24)22-18-7-5-4-6-16(18)14-23/h8-11,16,18,23H,2-7,12-14H2,1H3,(H,21,25)(H,22,24)/t16-,18+/m1/s1. The first-order valence-electron chi connectivity index (χ1n) is 9.55. The fourth-order valence-corrected chi connectivity index (χ4v) is 3.17. The molecule has 0 spiro atoms. The van der Waals surface area contributed by atoms with E-state index in [4.69, 9.17) is 4.74 Å². The molecule has 2 rings (SSSR count). The first-order chi connectivity index (χ1) is 12.6. The van der Waals surface area contributed by atoms with E-state index in [0.29, 0.717) is 12.2 Å². The van der Waals surface area contributed by atoms with Gasteiger partial charge < -0.3 is 20.5 Å². The topological polar surface area (TPSA) is 87.7 Å². The zero-order chi connectivity index (χ0) is 18.8. The van der Waals surface area contributed by atoms with E-state index in [-0.39, 0.29) is 36.9 Å². The van der Waals surface area contributed by atoms with Crippen LogP contribution in [0.25, 0.3) is 0 Å². The molecule has 3 N–H and O–H groups in total. The largest absolute Gasteiger partial charge is 0.494 e. The average molecular weight is 362 g/mol. The summed E-state index contributed by atoms with van der Waals surface area (Å²) in [5, 5.41) is 15.0. The normalized spacial score (nSPS) is 19.6. The van der Waals surface area contributed by atoms with E-state index >= 15 is 0 Å². The van der Waals surface area contributed by atoms with Crippen LogP contribution in [0.3, 0.4) is 0 Å². The number of unbranched alkanes of at least 4 members (excludes halogenated alkanes) is 1. The summed E-state index contributed by atoms with van der Waals surface area (Å²) in [4.78, 5) is 24.2. The number of ether oxygens (including phenoxy) is 1. The molecule has 6 heteroatoms.